The third-order valence-electron chi connectivity index (χ3n) is 2.06. The molecular weight excluding hydrogens is 198 g/mol. The molecule has 0 bridgehead atoms. The molecule has 0 aromatic rings. The Labute approximate surface area is 90.4 Å². The second-order valence-corrected chi connectivity index (χ2v) is 3.67. The molecule has 0 aliphatic carbocycles. The molecule has 1 unspecified atom stereocenters. The summed E-state index contributed by atoms with van der Waals surface area (Å²) in [4.78, 5) is 11.1. The number of aliphatic hydroxyl groups excluding tert-OH is 2. The molecule has 0 heterocycles. The van der Waals surface area contributed by atoms with E-state index in [1.54, 1.807) is 0 Å². The first kappa shape index (κ1) is 14.2. The molecule has 0 aliphatic heterocycles. The van der Waals surface area contributed by atoms with Crippen molar-refractivity contribution < 1.29 is 19.7 Å². The third kappa shape index (κ3) is 7.16. The molecule has 0 aliphatic rings. The normalized spacial score (nSPS) is 12.6. The zero-order chi connectivity index (χ0) is 11.7. The van der Waals surface area contributed by atoms with Crippen molar-refractivity contribution >= 4 is 6.09 Å². The zero-order valence-corrected chi connectivity index (χ0v) is 9.40. The number of nitrogens with one attached hydrogen (secondary N) is 1. The molecule has 0 aromatic carbocycles. The van der Waals surface area contributed by atoms with Gasteiger partial charge in [-0.05, 0) is 12.3 Å². The lowest BCUT2D eigenvalue weighted by molar-refractivity contribution is 0.0219. The maximum Gasteiger partial charge on any atom is 0.407 e. The van der Waals surface area contributed by atoms with Gasteiger partial charge in [0.1, 0.15) is 6.10 Å². The molecule has 90 valence electrons. The van der Waals surface area contributed by atoms with Crippen molar-refractivity contribution in [1.29, 1.82) is 0 Å². The lowest BCUT2D eigenvalue weighted by Gasteiger charge is -2.15. The minimum absolute atomic E-state index is 0.367. The Balaban J connectivity index is 3.64. The smallest absolute Gasteiger partial charge is 0.407 e. The summed E-state index contributed by atoms with van der Waals surface area (Å²) >= 11 is 0. The van der Waals surface area contributed by atoms with Gasteiger partial charge in [-0.2, -0.15) is 0 Å². The van der Waals surface area contributed by atoms with Gasteiger partial charge >= 0.3 is 6.09 Å². The van der Waals surface area contributed by atoms with Crippen LogP contribution in [0, 0.1) is 5.92 Å². The number of carbonyl (C=O) groups is 1. The molecule has 0 saturated heterocycles. The first-order chi connectivity index (χ1) is 7.13. The quantitative estimate of drug-likeness (QED) is 0.582. The molecule has 0 saturated carbocycles. The van der Waals surface area contributed by atoms with Gasteiger partial charge in [-0.15, -0.1) is 0 Å². The molecule has 3 N–H and O–H groups in total. The molecule has 0 fully saturated rings. The van der Waals surface area contributed by atoms with Crippen LogP contribution in [0.3, 0.4) is 0 Å². The van der Waals surface area contributed by atoms with Crippen molar-refractivity contribution in [2.24, 2.45) is 5.92 Å². The van der Waals surface area contributed by atoms with Gasteiger partial charge in [-0.25, -0.2) is 4.79 Å². The largest absolute Gasteiger partial charge is 0.441 e. The molecule has 0 aromatic heterocycles. The Morgan fingerprint density at radius 1 is 1.40 bits per heavy atom. The first-order valence-electron chi connectivity index (χ1n) is 5.30. The van der Waals surface area contributed by atoms with Crippen LogP contribution in [-0.2, 0) is 4.74 Å². The van der Waals surface area contributed by atoms with Crippen molar-refractivity contribution in [3.05, 3.63) is 0 Å². The second-order valence-electron chi connectivity index (χ2n) is 3.67. The fourth-order valence-electron chi connectivity index (χ4n) is 1.18. The molecule has 5 heteroatoms. The number of aliphatic hydroxyl groups is 2. The Kier molecular flexibility index (Phi) is 8.04. The monoisotopic (exact) mass is 219 g/mol. The van der Waals surface area contributed by atoms with Gasteiger partial charge in [-0.1, -0.05) is 20.3 Å². The van der Waals surface area contributed by atoms with Crippen LogP contribution in [0.2, 0.25) is 0 Å². The average molecular weight is 219 g/mol. The van der Waals surface area contributed by atoms with Gasteiger partial charge < -0.3 is 20.3 Å². The Bertz CT molecular complexity index is 171. The highest BCUT2D eigenvalue weighted by atomic mass is 16.6. The number of hydrogen-bond acceptors (Lipinski definition) is 4. The van der Waals surface area contributed by atoms with Crippen molar-refractivity contribution in [2.75, 3.05) is 19.8 Å². The van der Waals surface area contributed by atoms with E-state index in [-0.39, 0.29) is 13.2 Å². The van der Waals surface area contributed by atoms with Crippen LogP contribution in [-0.4, -0.2) is 42.2 Å². The summed E-state index contributed by atoms with van der Waals surface area (Å²) in [6, 6.07) is 0. The summed E-state index contributed by atoms with van der Waals surface area (Å²) in [6.07, 6.45) is 0.704. The molecule has 0 rings (SSSR count). The molecule has 1 amide bonds. The van der Waals surface area contributed by atoms with E-state index in [1.807, 2.05) is 6.92 Å². The molecule has 0 radical (unpaired) electrons. The SMILES string of the molecule is CCCC(C)CNC(=O)OC(CO)CO. The van der Waals surface area contributed by atoms with Crippen LogP contribution in [0.15, 0.2) is 0 Å². The standard InChI is InChI=1S/C10H21NO4/c1-3-4-8(2)5-11-10(14)15-9(6-12)7-13/h8-9,12-13H,3-7H2,1-2H3,(H,11,14). The van der Waals surface area contributed by atoms with Gasteiger partial charge in [-0.3, -0.25) is 0 Å². The van der Waals surface area contributed by atoms with Gasteiger partial charge in [0.05, 0.1) is 13.2 Å². The third-order valence-corrected chi connectivity index (χ3v) is 2.06. The molecule has 5 nitrogen and oxygen atoms in total. The lowest BCUT2D eigenvalue weighted by Crippen LogP contribution is -2.34. The number of ether oxygens (including phenoxy) is 1. The Hall–Kier alpha value is -0.810. The minimum Gasteiger partial charge on any atom is -0.441 e. The summed E-state index contributed by atoms with van der Waals surface area (Å²) in [5, 5.41) is 19.9. The molecule has 1 atom stereocenters. The minimum atomic E-state index is -0.827. The van der Waals surface area contributed by atoms with Crippen LogP contribution >= 0.6 is 0 Å². The Morgan fingerprint density at radius 2 is 2.00 bits per heavy atom. The first-order valence-corrected chi connectivity index (χ1v) is 5.30. The van der Waals surface area contributed by atoms with E-state index in [4.69, 9.17) is 14.9 Å². The average Bonchev–Trinajstić information content (AvgIpc) is 2.23. The van der Waals surface area contributed by atoms with E-state index >= 15 is 0 Å². The summed E-state index contributed by atoms with van der Waals surface area (Å²) < 4.78 is 4.73. The van der Waals surface area contributed by atoms with Gasteiger partial charge in [0.25, 0.3) is 0 Å². The molecular formula is C10H21NO4. The Morgan fingerprint density at radius 3 is 2.47 bits per heavy atom. The van der Waals surface area contributed by atoms with E-state index in [1.165, 1.54) is 0 Å². The zero-order valence-electron chi connectivity index (χ0n) is 9.40. The predicted molar refractivity (Wildman–Crippen MR) is 56.5 cm³/mol. The van der Waals surface area contributed by atoms with Crippen LogP contribution < -0.4 is 5.32 Å². The highest BCUT2D eigenvalue weighted by molar-refractivity contribution is 5.67. The van der Waals surface area contributed by atoms with E-state index < -0.39 is 12.2 Å². The fraction of sp³-hybridized carbons (Fsp3) is 0.900. The topological polar surface area (TPSA) is 78.8 Å². The summed E-state index contributed by atoms with van der Waals surface area (Å²) in [5.74, 6) is 0.407. The summed E-state index contributed by atoms with van der Waals surface area (Å²) in [7, 11) is 0. The maximum absolute atomic E-state index is 11.1. The molecule has 0 spiro atoms. The van der Waals surface area contributed by atoms with Crippen molar-refractivity contribution in [3.63, 3.8) is 0 Å². The highest BCUT2D eigenvalue weighted by Crippen LogP contribution is 2.02. The van der Waals surface area contributed by atoms with Crippen LogP contribution in [0.4, 0.5) is 4.79 Å². The fourth-order valence-corrected chi connectivity index (χ4v) is 1.18. The number of amides is 1. The number of alkyl carbamates (subject to hydrolysis) is 1. The van der Waals surface area contributed by atoms with Gasteiger partial charge in [0, 0.05) is 6.54 Å². The van der Waals surface area contributed by atoms with Crippen LogP contribution in [0.5, 0.6) is 0 Å². The van der Waals surface area contributed by atoms with Crippen molar-refractivity contribution in [2.45, 2.75) is 32.8 Å². The van der Waals surface area contributed by atoms with Gasteiger partial charge in [0.15, 0.2) is 0 Å². The number of rotatable bonds is 7. The van der Waals surface area contributed by atoms with Gasteiger partial charge in [0.2, 0.25) is 0 Å². The van der Waals surface area contributed by atoms with E-state index in [9.17, 15) is 4.79 Å². The maximum atomic E-state index is 11.1. The van der Waals surface area contributed by atoms with E-state index in [0.29, 0.717) is 12.5 Å². The van der Waals surface area contributed by atoms with Crippen molar-refractivity contribution in [3.8, 4) is 0 Å². The number of carbonyl (C=O) groups excluding carboxylic acids is 1. The summed E-state index contributed by atoms with van der Waals surface area (Å²) in [6.45, 7) is 3.95. The van der Waals surface area contributed by atoms with Crippen LogP contribution in [0.25, 0.3) is 0 Å². The molecule has 15 heavy (non-hydrogen) atoms. The van der Waals surface area contributed by atoms with Crippen molar-refractivity contribution in [1.82, 2.24) is 5.32 Å². The summed E-state index contributed by atoms with van der Waals surface area (Å²) in [5.41, 5.74) is 0. The highest BCUT2D eigenvalue weighted by Gasteiger charge is 2.12. The second kappa shape index (κ2) is 8.49. The number of hydrogen-bond donors (Lipinski definition) is 3. The predicted octanol–water partition coefficient (Wildman–Crippen LogP) is 0.502. The van der Waals surface area contributed by atoms with E-state index in [0.717, 1.165) is 12.8 Å². The lowest BCUT2D eigenvalue weighted by atomic mass is 10.1. The van der Waals surface area contributed by atoms with Crippen LogP contribution in [0.1, 0.15) is 26.7 Å². The van der Waals surface area contributed by atoms with E-state index in [2.05, 4.69) is 12.2 Å².